The molecule has 0 spiro atoms. The maximum Gasteiger partial charge on any atom is 0.318 e. The van der Waals surface area contributed by atoms with Crippen LogP contribution in [-0.4, -0.2) is 55.1 Å². The van der Waals surface area contributed by atoms with Crippen LogP contribution in [0.25, 0.3) is 0 Å². The van der Waals surface area contributed by atoms with Crippen molar-refractivity contribution >= 4 is 17.6 Å². The lowest BCUT2D eigenvalue weighted by atomic mass is 10.1. The molecule has 6 heteroatoms. The molecular weight excluding hydrogens is 340 g/mol. The Kier molecular flexibility index (Phi) is 6.96. The third kappa shape index (κ3) is 5.62. The molecule has 1 aliphatic heterocycles. The van der Waals surface area contributed by atoms with Gasteiger partial charge in [0.05, 0.1) is 0 Å². The van der Waals surface area contributed by atoms with Gasteiger partial charge in [-0.2, -0.15) is 0 Å². The molecule has 2 aliphatic rings. The number of benzene rings is 1. The van der Waals surface area contributed by atoms with Gasteiger partial charge in [-0.25, -0.2) is 4.79 Å². The minimum absolute atomic E-state index is 0.0711. The molecule has 0 aromatic heterocycles. The minimum atomic E-state index is -0.507. The number of piperazine rings is 1. The number of hydrogen-bond donors (Lipinski definition) is 2. The van der Waals surface area contributed by atoms with Crippen molar-refractivity contribution in [2.75, 3.05) is 31.1 Å². The standard InChI is InChI=1S/C21H32N4O2/c1-17(20(26)23-18-9-5-2-3-6-10-18)22-21(27)25-15-13-24(14-16-25)19-11-7-4-8-12-19/h4,7-8,11-12,17-18H,2-3,5-6,9-10,13-16H2,1H3,(H,22,27)(H,23,26)/t17-/m1/s1. The van der Waals surface area contributed by atoms with Crippen molar-refractivity contribution in [1.82, 2.24) is 15.5 Å². The molecule has 0 bridgehead atoms. The van der Waals surface area contributed by atoms with Gasteiger partial charge in [0, 0.05) is 37.9 Å². The number of carbonyl (C=O) groups is 2. The normalized spacial score (nSPS) is 19.9. The van der Waals surface area contributed by atoms with Crippen LogP contribution in [0.15, 0.2) is 30.3 Å². The van der Waals surface area contributed by atoms with Gasteiger partial charge in [0.15, 0.2) is 0 Å². The average molecular weight is 373 g/mol. The van der Waals surface area contributed by atoms with Crippen LogP contribution in [0.2, 0.25) is 0 Å². The summed E-state index contributed by atoms with van der Waals surface area (Å²) in [6, 6.07) is 9.86. The molecule has 2 fully saturated rings. The monoisotopic (exact) mass is 372 g/mol. The highest BCUT2D eigenvalue weighted by Crippen LogP contribution is 2.17. The number of urea groups is 1. The number of nitrogens with one attached hydrogen (secondary N) is 2. The van der Waals surface area contributed by atoms with Gasteiger partial charge in [0.2, 0.25) is 5.91 Å². The quantitative estimate of drug-likeness (QED) is 0.799. The molecule has 0 radical (unpaired) electrons. The fraction of sp³-hybridized carbons (Fsp3) is 0.619. The maximum absolute atomic E-state index is 12.5. The molecule has 3 rings (SSSR count). The van der Waals surface area contributed by atoms with E-state index in [-0.39, 0.29) is 18.0 Å². The lowest BCUT2D eigenvalue weighted by Crippen LogP contribution is -2.56. The van der Waals surface area contributed by atoms with Crippen LogP contribution in [0.3, 0.4) is 0 Å². The van der Waals surface area contributed by atoms with Gasteiger partial charge in [0.25, 0.3) is 0 Å². The SMILES string of the molecule is C[C@@H](NC(=O)N1CCN(c2ccccc2)CC1)C(=O)NC1CCCCCC1. The summed E-state index contributed by atoms with van der Waals surface area (Å²) in [4.78, 5) is 29.0. The Morgan fingerprint density at radius 2 is 1.59 bits per heavy atom. The zero-order valence-corrected chi connectivity index (χ0v) is 16.3. The number of hydrogen-bond acceptors (Lipinski definition) is 3. The second kappa shape index (κ2) is 9.62. The van der Waals surface area contributed by atoms with E-state index in [1.807, 2.05) is 18.2 Å². The van der Waals surface area contributed by atoms with Crippen molar-refractivity contribution in [3.8, 4) is 0 Å². The molecule has 148 valence electrons. The summed E-state index contributed by atoms with van der Waals surface area (Å²) in [5.74, 6) is -0.0711. The Balaban J connectivity index is 1.42. The molecule has 6 nitrogen and oxygen atoms in total. The van der Waals surface area contributed by atoms with Gasteiger partial charge in [-0.05, 0) is 31.9 Å². The summed E-state index contributed by atoms with van der Waals surface area (Å²) in [5, 5.41) is 5.98. The minimum Gasteiger partial charge on any atom is -0.368 e. The van der Waals surface area contributed by atoms with Crippen LogP contribution in [0.5, 0.6) is 0 Å². The molecule has 2 N–H and O–H groups in total. The van der Waals surface area contributed by atoms with E-state index in [0.717, 1.165) is 25.9 Å². The summed E-state index contributed by atoms with van der Waals surface area (Å²) >= 11 is 0. The van der Waals surface area contributed by atoms with Crippen molar-refractivity contribution in [2.24, 2.45) is 0 Å². The largest absolute Gasteiger partial charge is 0.368 e. The van der Waals surface area contributed by atoms with E-state index in [1.165, 1.54) is 31.4 Å². The van der Waals surface area contributed by atoms with E-state index in [0.29, 0.717) is 13.1 Å². The first kappa shape index (κ1) is 19.5. The number of anilines is 1. The van der Waals surface area contributed by atoms with Gasteiger partial charge >= 0.3 is 6.03 Å². The summed E-state index contributed by atoms with van der Waals surface area (Å²) in [6.45, 7) is 4.71. The van der Waals surface area contributed by atoms with Gasteiger partial charge in [-0.3, -0.25) is 4.79 Å². The Hall–Kier alpha value is -2.24. The van der Waals surface area contributed by atoms with Crippen molar-refractivity contribution in [2.45, 2.75) is 57.5 Å². The first-order valence-corrected chi connectivity index (χ1v) is 10.3. The molecule has 1 aromatic carbocycles. The van der Waals surface area contributed by atoms with Crippen LogP contribution >= 0.6 is 0 Å². The van der Waals surface area contributed by atoms with Crippen LogP contribution < -0.4 is 15.5 Å². The van der Waals surface area contributed by atoms with Gasteiger partial charge in [0.1, 0.15) is 6.04 Å². The number of amides is 3. The summed E-state index contributed by atoms with van der Waals surface area (Å²) in [6.07, 6.45) is 6.97. The summed E-state index contributed by atoms with van der Waals surface area (Å²) in [5.41, 5.74) is 1.19. The van der Waals surface area contributed by atoms with Crippen LogP contribution in [0.4, 0.5) is 10.5 Å². The zero-order valence-electron chi connectivity index (χ0n) is 16.3. The number of rotatable bonds is 4. The fourth-order valence-corrected chi connectivity index (χ4v) is 3.90. The number of para-hydroxylation sites is 1. The highest BCUT2D eigenvalue weighted by Gasteiger charge is 2.25. The van der Waals surface area contributed by atoms with Gasteiger partial charge in [-0.1, -0.05) is 43.9 Å². The first-order chi connectivity index (χ1) is 13.1. The van der Waals surface area contributed by atoms with E-state index in [4.69, 9.17) is 0 Å². The van der Waals surface area contributed by atoms with Crippen molar-refractivity contribution in [3.63, 3.8) is 0 Å². The molecule has 1 saturated heterocycles. The molecule has 1 aromatic rings. The first-order valence-electron chi connectivity index (χ1n) is 10.3. The molecule has 1 saturated carbocycles. The predicted molar refractivity (Wildman–Crippen MR) is 108 cm³/mol. The third-order valence-electron chi connectivity index (χ3n) is 5.62. The van der Waals surface area contributed by atoms with Gasteiger partial charge < -0.3 is 20.4 Å². The highest BCUT2D eigenvalue weighted by atomic mass is 16.2. The topological polar surface area (TPSA) is 64.7 Å². The second-order valence-electron chi connectivity index (χ2n) is 7.68. The molecule has 1 aliphatic carbocycles. The number of nitrogens with zero attached hydrogens (tertiary/aromatic N) is 2. The number of carbonyl (C=O) groups excluding carboxylic acids is 2. The summed E-state index contributed by atoms with van der Waals surface area (Å²) < 4.78 is 0. The van der Waals surface area contributed by atoms with E-state index < -0.39 is 6.04 Å². The second-order valence-corrected chi connectivity index (χ2v) is 7.68. The Labute approximate surface area is 162 Å². The lowest BCUT2D eigenvalue weighted by molar-refractivity contribution is -0.123. The van der Waals surface area contributed by atoms with Crippen LogP contribution in [0.1, 0.15) is 45.4 Å². The zero-order chi connectivity index (χ0) is 19.1. The van der Waals surface area contributed by atoms with E-state index in [1.54, 1.807) is 11.8 Å². The van der Waals surface area contributed by atoms with Gasteiger partial charge in [-0.15, -0.1) is 0 Å². The molecular formula is C21H32N4O2. The molecule has 1 atom stereocenters. The van der Waals surface area contributed by atoms with E-state index >= 15 is 0 Å². The molecule has 1 heterocycles. The van der Waals surface area contributed by atoms with E-state index in [9.17, 15) is 9.59 Å². The average Bonchev–Trinajstić information content (AvgIpc) is 2.97. The van der Waals surface area contributed by atoms with Crippen molar-refractivity contribution in [3.05, 3.63) is 30.3 Å². The molecule has 0 unspecified atom stereocenters. The summed E-state index contributed by atoms with van der Waals surface area (Å²) in [7, 11) is 0. The molecule has 27 heavy (non-hydrogen) atoms. The van der Waals surface area contributed by atoms with Crippen molar-refractivity contribution in [1.29, 1.82) is 0 Å². The van der Waals surface area contributed by atoms with Crippen molar-refractivity contribution < 1.29 is 9.59 Å². The Morgan fingerprint density at radius 1 is 0.963 bits per heavy atom. The molecule has 3 amide bonds. The third-order valence-corrected chi connectivity index (χ3v) is 5.62. The Morgan fingerprint density at radius 3 is 2.22 bits per heavy atom. The lowest BCUT2D eigenvalue weighted by Gasteiger charge is -2.36. The van der Waals surface area contributed by atoms with Crippen LogP contribution in [-0.2, 0) is 4.79 Å². The predicted octanol–water partition coefficient (Wildman–Crippen LogP) is 2.75. The highest BCUT2D eigenvalue weighted by molar-refractivity contribution is 5.87. The fourth-order valence-electron chi connectivity index (χ4n) is 3.90. The maximum atomic E-state index is 12.5. The van der Waals surface area contributed by atoms with Crippen LogP contribution in [0, 0.1) is 0 Å². The smallest absolute Gasteiger partial charge is 0.318 e. The Bertz CT molecular complexity index is 606. The van der Waals surface area contributed by atoms with E-state index in [2.05, 4.69) is 27.7 Å².